The van der Waals surface area contributed by atoms with E-state index in [0.29, 0.717) is 17.4 Å². The van der Waals surface area contributed by atoms with Gasteiger partial charge in [0.15, 0.2) is 0 Å². The zero-order chi connectivity index (χ0) is 12.5. The highest BCUT2D eigenvalue weighted by atomic mass is 35.5. The van der Waals surface area contributed by atoms with Crippen molar-refractivity contribution in [2.75, 3.05) is 7.05 Å². The molecule has 0 bridgehead atoms. The number of benzene rings is 1. The van der Waals surface area contributed by atoms with E-state index in [4.69, 9.17) is 11.6 Å². The third-order valence-electron chi connectivity index (χ3n) is 4.28. The molecule has 0 spiro atoms. The van der Waals surface area contributed by atoms with Crippen molar-refractivity contribution >= 4 is 11.6 Å². The van der Waals surface area contributed by atoms with Crippen molar-refractivity contribution in [1.82, 2.24) is 5.32 Å². The van der Waals surface area contributed by atoms with Crippen molar-refractivity contribution < 1.29 is 0 Å². The average molecular weight is 252 g/mol. The molecule has 2 heteroatoms. The summed E-state index contributed by atoms with van der Waals surface area (Å²) in [7, 11) is 2.06. The molecule has 1 aromatic rings. The van der Waals surface area contributed by atoms with Gasteiger partial charge < -0.3 is 5.32 Å². The summed E-state index contributed by atoms with van der Waals surface area (Å²) in [5, 5.41) is 4.31. The van der Waals surface area contributed by atoms with E-state index in [9.17, 15) is 0 Å². The van der Waals surface area contributed by atoms with E-state index in [2.05, 4.69) is 38.3 Å². The van der Waals surface area contributed by atoms with Crippen LogP contribution in [0.3, 0.4) is 0 Å². The molecule has 0 aromatic heterocycles. The van der Waals surface area contributed by atoms with E-state index < -0.39 is 0 Å². The first-order chi connectivity index (χ1) is 8.04. The van der Waals surface area contributed by atoms with Crippen molar-refractivity contribution in [3.05, 3.63) is 34.9 Å². The second kappa shape index (κ2) is 4.99. The normalized spacial score (nSPS) is 24.8. The average Bonchev–Trinajstić information content (AvgIpc) is 2.63. The highest BCUT2D eigenvalue weighted by Gasteiger charge is 2.39. The van der Waals surface area contributed by atoms with Crippen molar-refractivity contribution in [3.63, 3.8) is 0 Å². The van der Waals surface area contributed by atoms with E-state index in [-0.39, 0.29) is 0 Å². The lowest BCUT2D eigenvalue weighted by Gasteiger charge is -2.34. The van der Waals surface area contributed by atoms with Crippen LogP contribution in [0.4, 0.5) is 0 Å². The molecule has 1 aromatic carbocycles. The first-order valence-electron chi connectivity index (χ1n) is 6.47. The van der Waals surface area contributed by atoms with Crippen LogP contribution >= 0.6 is 11.6 Å². The van der Waals surface area contributed by atoms with Gasteiger partial charge in [-0.05, 0) is 48.9 Å². The number of rotatable bonds is 3. The van der Waals surface area contributed by atoms with Crippen LogP contribution in [0.15, 0.2) is 24.3 Å². The molecule has 0 radical (unpaired) electrons. The highest BCUT2D eigenvalue weighted by molar-refractivity contribution is 6.30. The van der Waals surface area contributed by atoms with Gasteiger partial charge in [-0.1, -0.05) is 44.0 Å². The maximum atomic E-state index is 5.95. The van der Waals surface area contributed by atoms with Gasteiger partial charge in [-0.25, -0.2) is 0 Å². The van der Waals surface area contributed by atoms with Crippen LogP contribution in [0.1, 0.15) is 44.7 Å². The largest absolute Gasteiger partial charge is 0.313 e. The third kappa shape index (κ3) is 2.66. The molecule has 0 aliphatic heterocycles. The van der Waals surface area contributed by atoms with E-state index in [1.54, 1.807) is 0 Å². The second-order valence-electron chi connectivity index (χ2n) is 5.81. The maximum Gasteiger partial charge on any atom is 0.0406 e. The number of hydrogen-bond donors (Lipinski definition) is 1. The Balaban J connectivity index is 2.24. The summed E-state index contributed by atoms with van der Waals surface area (Å²) in [6.07, 6.45) is 4.01. The minimum Gasteiger partial charge on any atom is -0.313 e. The quantitative estimate of drug-likeness (QED) is 0.838. The van der Waals surface area contributed by atoms with Gasteiger partial charge in [-0.2, -0.15) is 0 Å². The minimum absolute atomic E-state index is 0.438. The van der Waals surface area contributed by atoms with Crippen LogP contribution in [-0.4, -0.2) is 7.05 Å². The minimum atomic E-state index is 0.438. The van der Waals surface area contributed by atoms with Crippen molar-refractivity contribution in [1.29, 1.82) is 0 Å². The number of hydrogen-bond acceptors (Lipinski definition) is 1. The lowest BCUT2D eigenvalue weighted by molar-refractivity contribution is 0.203. The van der Waals surface area contributed by atoms with E-state index in [1.165, 1.54) is 24.8 Å². The van der Waals surface area contributed by atoms with Crippen LogP contribution in [-0.2, 0) is 0 Å². The molecular weight excluding hydrogens is 230 g/mol. The lowest BCUT2D eigenvalue weighted by atomic mass is 9.75. The van der Waals surface area contributed by atoms with Crippen LogP contribution in [0.2, 0.25) is 5.02 Å². The Labute approximate surface area is 110 Å². The first kappa shape index (κ1) is 12.9. The molecule has 1 aliphatic carbocycles. The third-order valence-corrected chi connectivity index (χ3v) is 4.53. The summed E-state index contributed by atoms with van der Waals surface area (Å²) in [4.78, 5) is 0. The van der Waals surface area contributed by atoms with Crippen molar-refractivity contribution in [3.8, 4) is 0 Å². The SMILES string of the molecule is CNC(c1ccc(Cl)cc1)C1CCCC1(C)C. The van der Waals surface area contributed by atoms with Crippen LogP contribution in [0, 0.1) is 11.3 Å². The zero-order valence-electron chi connectivity index (χ0n) is 11.0. The fourth-order valence-corrected chi connectivity index (χ4v) is 3.37. The molecule has 0 saturated heterocycles. The molecular formula is C15H22ClN. The molecule has 2 unspecified atom stereocenters. The van der Waals surface area contributed by atoms with Crippen LogP contribution in [0.25, 0.3) is 0 Å². The molecule has 0 heterocycles. The Hall–Kier alpha value is -0.530. The molecule has 2 atom stereocenters. The zero-order valence-corrected chi connectivity index (χ0v) is 11.7. The Morgan fingerprint density at radius 2 is 1.94 bits per heavy atom. The van der Waals surface area contributed by atoms with Gasteiger partial charge in [0.2, 0.25) is 0 Å². The summed E-state index contributed by atoms with van der Waals surface area (Å²) in [6.45, 7) is 4.79. The highest BCUT2D eigenvalue weighted by Crippen LogP contribution is 2.48. The van der Waals surface area contributed by atoms with Crippen LogP contribution in [0.5, 0.6) is 0 Å². The predicted molar refractivity (Wildman–Crippen MR) is 74.4 cm³/mol. The first-order valence-corrected chi connectivity index (χ1v) is 6.85. The lowest BCUT2D eigenvalue weighted by Crippen LogP contribution is -2.31. The molecule has 1 aliphatic rings. The van der Waals surface area contributed by atoms with Gasteiger partial charge in [0.1, 0.15) is 0 Å². The van der Waals surface area contributed by atoms with E-state index in [0.717, 1.165) is 5.02 Å². The second-order valence-corrected chi connectivity index (χ2v) is 6.24. The summed E-state index contributed by atoms with van der Waals surface area (Å²) in [5.41, 5.74) is 1.80. The van der Waals surface area contributed by atoms with Gasteiger partial charge in [-0.3, -0.25) is 0 Å². The maximum absolute atomic E-state index is 5.95. The van der Waals surface area contributed by atoms with Gasteiger partial charge in [0, 0.05) is 11.1 Å². The smallest absolute Gasteiger partial charge is 0.0406 e. The summed E-state index contributed by atoms with van der Waals surface area (Å²) in [5.74, 6) is 0.716. The van der Waals surface area contributed by atoms with E-state index >= 15 is 0 Å². The predicted octanol–water partition coefficient (Wildman–Crippen LogP) is 4.43. The molecule has 1 saturated carbocycles. The molecule has 1 nitrogen and oxygen atoms in total. The van der Waals surface area contributed by atoms with Gasteiger partial charge >= 0.3 is 0 Å². The summed E-state index contributed by atoms with van der Waals surface area (Å²) in [6, 6.07) is 8.73. The molecule has 1 N–H and O–H groups in total. The van der Waals surface area contributed by atoms with E-state index in [1.807, 2.05) is 12.1 Å². The number of nitrogens with one attached hydrogen (secondary N) is 1. The number of halogens is 1. The molecule has 17 heavy (non-hydrogen) atoms. The fourth-order valence-electron chi connectivity index (χ4n) is 3.24. The standard InChI is InChI=1S/C15H22ClN/c1-15(2)10-4-5-13(15)14(17-3)11-6-8-12(16)9-7-11/h6-9,13-14,17H,4-5,10H2,1-3H3. The molecule has 94 valence electrons. The topological polar surface area (TPSA) is 12.0 Å². The van der Waals surface area contributed by atoms with Crippen LogP contribution < -0.4 is 5.32 Å². The fraction of sp³-hybridized carbons (Fsp3) is 0.600. The van der Waals surface area contributed by atoms with Gasteiger partial charge in [-0.15, -0.1) is 0 Å². The Morgan fingerprint density at radius 1 is 1.29 bits per heavy atom. The Morgan fingerprint density at radius 3 is 2.41 bits per heavy atom. The molecule has 1 fully saturated rings. The molecule has 0 amide bonds. The molecule has 2 rings (SSSR count). The monoisotopic (exact) mass is 251 g/mol. The van der Waals surface area contributed by atoms with Crippen molar-refractivity contribution in [2.24, 2.45) is 11.3 Å². The van der Waals surface area contributed by atoms with Gasteiger partial charge in [0.25, 0.3) is 0 Å². The Bertz CT molecular complexity index is 369. The van der Waals surface area contributed by atoms with Crippen molar-refractivity contribution in [2.45, 2.75) is 39.2 Å². The van der Waals surface area contributed by atoms with Gasteiger partial charge in [0.05, 0.1) is 0 Å². The Kier molecular flexibility index (Phi) is 3.79. The summed E-state index contributed by atoms with van der Waals surface area (Å²) >= 11 is 5.95. The summed E-state index contributed by atoms with van der Waals surface area (Å²) < 4.78 is 0.